The molecule has 2 heteroatoms. The Morgan fingerprint density at radius 2 is 2.10 bits per heavy atom. The zero-order valence-corrected chi connectivity index (χ0v) is 6.02. The first-order valence-electron chi connectivity index (χ1n) is 3.05. The second kappa shape index (κ2) is 2.69. The van der Waals surface area contributed by atoms with Crippen molar-refractivity contribution in [3.63, 3.8) is 0 Å². The molecular formula is C8H9FO. The molecule has 0 fully saturated rings. The molecular weight excluding hydrogens is 131 g/mol. The summed E-state index contributed by atoms with van der Waals surface area (Å²) in [4.78, 5) is 0. The van der Waals surface area contributed by atoms with Crippen LogP contribution >= 0.6 is 0 Å². The Morgan fingerprint density at radius 3 is 2.50 bits per heavy atom. The number of halogens is 1. The number of aryl methyl sites for hydroxylation is 1. The highest BCUT2D eigenvalue weighted by atomic mass is 19.1. The maximum absolute atomic E-state index is 12.7. The van der Waals surface area contributed by atoms with E-state index in [2.05, 4.69) is 0 Å². The van der Waals surface area contributed by atoms with Crippen LogP contribution in [0.15, 0.2) is 18.2 Å². The Labute approximate surface area is 59.4 Å². The van der Waals surface area contributed by atoms with Crippen LogP contribution in [-0.4, -0.2) is 7.11 Å². The molecule has 1 rings (SSSR count). The first-order chi connectivity index (χ1) is 4.75. The van der Waals surface area contributed by atoms with E-state index in [4.69, 9.17) is 4.74 Å². The van der Waals surface area contributed by atoms with E-state index in [1.807, 2.05) is 13.0 Å². The van der Waals surface area contributed by atoms with E-state index < -0.39 is 0 Å². The molecule has 0 radical (unpaired) electrons. The van der Waals surface area contributed by atoms with Crippen LogP contribution in [0, 0.1) is 12.7 Å². The van der Waals surface area contributed by atoms with Crippen LogP contribution in [0.5, 0.6) is 5.75 Å². The molecule has 0 aliphatic carbocycles. The normalized spacial score (nSPS) is 9.50. The van der Waals surface area contributed by atoms with E-state index >= 15 is 0 Å². The predicted octanol–water partition coefficient (Wildman–Crippen LogP) is 2.14. The average Bonchev–Trinajstić information content (AvgIpc) is 1.88. The Hall–Kier alpha value is -1.05. The lowest BCUT2D eigenvalue weighted by Crippen LogP contribution is -1.89. The number of ether oxygens (including phenoxy) is 1. The Bertz CT molecular complexity index is 212. The molecule has 0 saturated carbocycles. The van der Waals surface area contributed by atoms with Crippen molar-refractivity contribution in [1.29, 1.82) is 0 Å². The predicted molar refractivity (Wildman–Crippen MR) is 37.7 cm³/mol. The van der Waals surface area contributed by atoms with Crippen molar-refractivity contribution in [3.8, 4) is 5.75 Å². The molecule has 0 bridgehead atoms. The Kier molecular flexibility index (Phi) is 1.90. The summed E-state index contributed by atoms with van der Waals surface area (Å²) in [5.74, 6) is 0.0324. The molecule has 0 atom stereocenters. The van der Waals surface area contributed by atoms with Crippen molar-refractivity contribution in [1.82, 2.24) is 0 Å². The second-order valence-corrected chi connectivity index (χ2v) is 2.09. The van der Waals surface area contributed by atoms with Crippen LogP contribution in [0.3, 0.4) is 0 Å². The molecule has 0 N–H and O–H groups in total. The number of rotatable bonds is 1. The number of hydrogen-bond donors (Lipinski definition) is 0. The fourth-order valence-electron chi connectivity index (χ4n) is 0.875. The third kappa shape index (κ3) is 1.10. The summed E-state index contributed by atoms with van der Waals surface area (Å²) in [6, 6.07) is 4.85. The summed E-state index contributed by atoms with van der Waals surface area (Å²) in [6.07, 6.45) is 0. The van der Waals surface area contributed by atoms with Crippen LogP contribution in [-0.2, 0) is 0 Å². The molecule has 0 aliphatic heterocycles. The van der Waals surface area contributed by atoms with Gasteiger partial charge in [-0.05, 0) is 18.6 Å². The van der Waals surface area contributed by atoms with Gasteiger partial charge in [-0.1, -0.05) is 12.1 Å². The standard InChI is InChI=1S/C8H9FO/c1-6-4-3-5-7(9)8(6)10-2/h3-5H,1-2H3. The van der Waals surface area contributed by atoms with E-state index in [9.17, 15) is 4.39 Å². The highest BCUT2D eigenvalue weighted by molar-refractivity contribution is 5.33. The van der Waals surface area contributed by atoms with Crippen molar-refractivity contribution >= 4 is 0 Å². The summed E-state index contributed by atoms with van der Waals surface area (Å²) < 4.78 is 17.5. The fourth-order valence-corrected chi connectivity index (χ4v) is 0.875. The molecule has 10 heavy (non-hydrogen) atoms. The molecule has 0 heterocycles. The van der Waals surface area contributed by atoms with Crippen molar-refractivity contribution in [3.05, 3.63) is 29.6 Å². The van der Waals surface area contributed by atoms with Gasteiger partial charge < -0.3 is 4.74 Å². The van der Waals surface area contributed by atoms with Crippen molar-refractivity contribution in [2.75, 3.05) is 7.11 Å². The number of benzene rings is 1. The number of methoxy groups -OCH3 is 1. The quantitative estimate of drug-likeness (QED) is 0.580. The zero-order valence-electron chi connectivity index (χ0n) is 6.02. The first-order valence-corrected chi connectivity index (χ1v) is 3.05. The van der Waals surface area contributed by atoms with Crippen LogP contribution in [0.1, 0.15) is 5.56 Å². The second-order valence-electron chi connectivity index (χ2n) is 2.09. The largest absolute Gasteiger partial charge is 0.493 e. The lowest BCUT2D eigenvalue weighted by molar-refractivity contribution is 0.383. The minimum atomic E-state index is -0.303. The van der Waals surface area contributed by atoms with Gasteiger partial charge in [0, 0.05) is 0 Å². The molecule has 0 unspecified atom stereocenters. The molecule has 54 valence electrons. The maximum Gasteiger partial charge on any atom is 0.165 e. The first kappa shape index (κ1) is 7.06. The van der Waals surface area contributed by atoms with Crippen LogP contribution in [0.2, 0.25) is 0 Å². The maximum atomic E-state index is 12.7. The van der Waals surface area contributed by atoms with E-state index in [-0.39, 0.29) is 5.82 Å². The molecule has 0 spiro atoms. The minimum Gasteiger partial charge on any atom is -0.493 e. The summed E-state index contributed by atoms with van der Waals surface area (Å²) >= 11 is 0. The molecule has 1 aromatic rings. The highest BCUT2D eigenvalue weighted by Crippen LogP contribution is 2.20. The Balaban J connectivity index is 3.17. The summed E-state index contributed by atoms with van der Waals surface area (Å²) in [5.41, 5.74) is 0.822. The van der Waals surface area contributed by atoms with Gasteiger partial charge in [0.15, 0.2) is 11.6 Å². The van der Waals surface area contributed by atoms with Crippen molar-refractivity contribution in [2.24, 2.45) is 0 Å². The molecule has 0 saturated heterocycles. The van der Waals surface area contributed by atoms with Gasteiger partial charge in [0.2, 0.25) is 0 Å². The van der Waals surface area contributed by atoms with Gasteiger partial charge in [-0.3, -0.25) is 0 Å². The molecule has 0 aromatic heterocycles. The van der Waals surface area contributed by atoms with Gasteiger partial charge in [0.1, 0.15) is 0 Å². The summed E-state index contributed by atoms with van der Waals surface area (Å²) in [5, 5.41) is 0. The van der Waals surface area contributed by atoms with Gasteiger partial charge in [0.25, 0.3) is 0 Å². The third-order valence-electron chi connectivity index (χ3n) is 1.37. The fraction of sp³-hybridized carbons (Fsp3) is 0.250. The van der Waals surface area contributed by atoms with Crippen LogP contribution in [0.25, 0.3) is 0 Å². The topological polar surface area (TPSA) is 9.23 Å². The van der Waals surface area contributed by atoms with Gasteiger partial charge >= 0.3 is 0 Å². The van der Waals surface area contributed by atoms with E-state index in [1.165, 1.54) is 13.2 Å². The van der Waals surface area contributed by atoms with E-state index in [0.717, 1.165) is 5.56 Å². The van der Waals surface area contributed by atoms with Crippen molar-refractivity contribution in [2.45, 2.75) is 6.92 Å². The van der Waals surface area contributed by atoms with E-state index in [0.29, 0.717) is 5.75 Å². The van der Waals surface area contributed by atoms with Gasteiger partial charge in [0.05, 0.1) is 7.11 Å². The zero-order chi connectivity index (χ0) is 7.56. The minimum absolute atomic E-state index is 0.303. The number of hydrogen-bond acceptors (Lipinski definition) is 1. The third-order valence-corrected chi connectivity index (χ3v) is 1.37. The smallest absolute Gasteiger partial charge is 0.165 e. The molecule has 0 aliphatic rings. The SMILES string of the molecule is COc1c(C)cccc1F. The van der Waals surface area contributed by atoms with E-state index in [1.54, 1.807) is 6.07 Å². The molecule has 1 nitrogen and oxygen atoms in total. The average molecular weight is 140 g/mol. The summed E-state index contributed by atoms with van der Waals surface area (Å²) in [7, 11) is 1.46. The van der Waals surface area contributed by atoms with Crippen LogP contribution in [0.4, 0.5) is 4.39 Å². The van der Waals surface area contributed by atoms with Crippen LogP contribution < -0.4 is 4.74 Å². The van der Waals surface area contributed by atoms with Gasteiger partial charge in [-0.25, -0.2) is 4.39 Å². The number of para-hydroxylation sites is 1. The monoisotopic (exact) mass is 140 g/mol. The molecule has 1 aromatic carbocycles. The lowest BCUT2D eigenvalue weighted by atomic mass is 10.2. The molecule has 0 amide bonds. The van der Waals surface area contributed by atoms with Gasteiger partial charge in [-0.15, -0.1) is 0 Å². The Morgan fingerprint density at radius 1 is 1.40 bits per heavy atom. The van der Waals surface area contributed by atoms with Gasteiger partial charge in [-0.2, -0.15) is 0 Å². The highest BCUT2D eigenvalue weighted by Gasteiger charge is 2.02. The van der Waals surface area contributed by atoms with Crippen molar-refractivity contribution < 1.29 is 9.13 Å². The summed E-state index contributed by atoms with van der Waals surface area (Å²) in [6.45, 7) is 1.81. The lowest BCUT2D eigenvalue weighted by Gasteiger charge is -2.03.